The molecule has 0 aromatic heterocycles. The van der Waals surface area contributed by atoms with Gasteiger partial charge in [-0.3, -0.25) is 5.41 Å². The second-order valence-electron chi connectivity index (χ2n) is 4.82. The molecule has 2 aliphatic rings. The van der Waals surface area contributed by atoms with Crippen LogP contribution in [0.1, 0.15) is 18.4 Å². The summed E-state index contributed by atoms with van der Waals surface area (Å²) in [6, 6.07) is 7.91. The maximum Gasteiger partial charge on any atom is 0.122 e. The summed E-state index contributed by atoms with van der Waals surface area (Å²) in [5.41, 5.74) is 7.43. The summed E-state index contributed by atoms with van der Waals surface area (Å²) in [5, 5.41) is 7.37. The van der Waals surface area contributed by atoms with Crippen molar-refractivity contribution in [3.05, 3.63) is 29.8 Å². The van der Waals surface area contributed by atoms with E-state index in [4.69, 9.17) is 15.9 Å². The van der Waals surface area contributed by atoms with Gasteiger partial charge in [-0.25, -0.2) is 0 Å². The van der Waals surface area contributed by atoms with Gasteiger partial charge in [-0.2, -0.15) is 0 Å². The van der Waals surface area contributed by atoms with Gasteiger partial charge in [0.05, 0.1) is 12.2 Å². The summed E-state index contributed by atoms with van der Waals surface area (Å²) in [5.74, 6) is 0.124. The highest BCUT2D eigenvalue weighted by atomic mass is 16.5. The first-order chi connectivity index (χ1) is 8.22. The normalized spacial score (nSPS) is 27.2. The molecular weight excluding hydrogens is 214 g/mol. The lowest BCUT2D eigenvalue weighted by Crippen LogP contribution is -2.42. The second kappa shape index (κ2) is 4.04. The van der Waals surface area contributed by atoms with Crippen molar-refractivity contribution in [1.82, 2.24) is 0 Å². The largest absolute Gasteiger partial charge is 0.384 e. The maximum atomic E-state index is 7.37. The molecule has 90 valence electrons. The molecule has 2 fully saturated rings. The molecule has 2 heterocycles. The Balaban J connectivity index is 1.78. The molecule has 4 nitrogen and oxygen atoms in total. The van der Waals surface area contributed by atoms with E-state index in [1.54, 1.807) is 0 Å². The average Bonchev–Trinajstić information content (AvgIpc) is 2.68. The molecular formula is C13H17N3O. The zero-order valence-electron chi connectivity index (χ0n) is 9.73. The van der Waals surface area contributed by atoms with Gasteiger partial charge < -0.3 is 15.4 Å². The van der Waals surface area contributed by atoms with Crippen LogP contribution in [0.5, 0.6) is 0 Å². The molecule has 3 rings (SSSR count). The Labute approximate surface area is 101 Å². The van der Waals surface area contributed by atoms with Gasteiger partial charge >= 0.3 is 0 Å². The van der Waals surface area contributed by atoms with Crippen molar-refractivity contribution in [2.75, 3.05) is 18.0 Å². The Morgan fingerprint density at radius 1 is 1.18 bits per heavy atom. The van der Waals surface area contributed by atoms with Gasteiger partial charge in [-0.05, 0) is 37.1 Å². The first-order valence-electron chi connectivity index (χ1n) is 6.07. The lowest BCUT2D eigenvalue weighted by Gasteiger charge is -2.33. The maximum absolute atomic E-state index is 7.37. The van der Waals surface area contributed by atoms with E-state index in [-0.39, 0.29) is 5.84 Å². The minimum absolute atomic E-state index is 0.124. The molecule has 4 heteroatoms. The lowest BCUT2D eigenvalue weighted by atomic mass is 10.1. The van der Waals surface area contributed by atoms with E-state index in [1.807, 2.05) is 24.3 Å². The smallest absolute Gasteiger partial charge is 0.122 e. The molecule has 1 aromatic carbocycles. The molecule has 3 N–H and O–H groups in total. The summed E-state index contributed by atoms with van der Waals surface area (Å²) in [4.78, 5) is 2.37. The van der Waals surface area contributed by atoms with Crippen LogP contribution in [-0.2, 0) is 4.74 Å². The second-order valence-corrected chi connectivity index (χ2v) is 4.82. The number of rotatable bonds is 2. The minimum Gasteiger partial charge on any atom is -0.384 e. The highest BCUT2D eigenvalue weighted by Gasteiger charge is 2.33. The van der Waals surface area contributed by atoms with Crippen molar-refractivity contribution < 1.29 is 4.74 Å². The number of nitrogens with zero attached hydrogens (tertiary/aromatic N) is 1. The van der Waals surface area contributed by atoms with Gasteiger partial charge in [-0.1, -0.05) is 0 Å². The fourth-order valence-corrected chi connectivity index (χ4v) is 2.68. The number of nitrogens with one attached hydrogen (secondary N) is 1. The fourth-order valence-electron chi connectivity index (χ4n) is 2.68. The van der Waals surface area contributed by atoms with E-state index in [1.165, 1.54) is 18.5 Å². The predicted molar refractivity (Wildman–Crippen MR) is 67.6 cm³/mol. The summed E-state index contributed by atoms with van der Waals surface area (Å²) in [7, 11) is 0. The number of anilines is 1. The Kier molecular flexibility index (Phi) is 2.52. The third kappa shape index (κ3) is 2.00. The van der Waals surface area contributed by atoms with Gasteiger partial charge in [-0.15, -0.1) is 0 Å². The van der Waals surface area contributed by atoms with E-state index >= 15 is 0 Å². The van der Waals surface area contributed by atoms with Gasteiger partial charge in [0.2, 0.25) is 0 Å². The Morgan fingerprint density at radius 3 is 2.29 bits per heavy atom. The minimum atomic E-state index is 0.124. The van der Waals surface area contributed by atoms with E-state index < -0.39 is 0 Å². The molecule has 0 saturated carbocycles. The highest BCUT2D eigenvalue weighted by Crippen LogP contribution is 2.29. The van der Waals surface area contributed by atoms with Crippen LogP contribution in [0.2, 0.25) is 0 Å². The zero-order valence-corrected chi connectivity index (χ0v) is 9.73. The van der Waals surface area contributed by atoms with Crippen LogP contribution >= 0.6 is 0 Å². The summed E-state index contributed by atoms with van der Waals surface area (Å²) in [6.45, 7) is 1.96. The van der Waals surface area contributed by atoms with Gasteiger partial charge in [0.1, 0.15) is 5.84 Å². The van der Waals surface area contributed by atoms with Crippen molar-refractivity contribution in [2.45, 2.75) is 25.0 Å². The molecule has 2 atom stereocenters. The number of hydrogen-bond donors (Lipinski definition) is 2. The highest BCUT2D eigenvalue weighted by molar-refractivity contribution is 5.95. The van der Waals surface area contributed by atoms with E-state index in [2.05, 4.69) is 4.90 Å². The molecule has 2 saturated heterocycles. The summed E-state index contributed by atoms with van der Waals surface area (Å²) in [6.07, 6.45) is 3.18. The summed E-state index contributed by atoms with van der Waals surface area (Å²) >= 11 is 0. The molecule has 0 radical (unpaired) electrons. The van der Waals surface area contributed by atoms with E-state index in [0.717, 1.165) is 18.7 Å². The quantitative estimate of drug-likeness (QED) is 0.596. The zero-order chi connectivity index (χ0) is 11.8. The number of nitrogen functional groups attached to an aromatic ring is 1. The number of ether oxygens (including phenoxy) is 1. The Bertz CT molecular complexity index is 417. The molecule has 0 spiro atoms. The van der Waals surface area contributed by atoms with Crippen LogP contribution in [0.25, 0.3) is 0 Å². The van der Waals surface area contributed by atoms with Gasteiger partial charge in [0.15, 0.2) is 0 Å². The number of amidine groups is 1. The fraction of sp³-hybridized carbons (Fsp3) is 0.462. The van der Waals surface area contributed by atoms with Gasteiger partial charge in [0, 0.05) is 24.3 Å². The molecule has 0 amide bonds. The molecule has 1 aromatic rings. The Hall–Kier alpha value is -1.55. The monoisotopic (exact) mass is 231 g/mol. The van der Waals surface area contributed by atoms with Crippen molar-refractivity contribution in [3.8, 4) is 0 Å². The third-order valence-electron chi connectivity index (χ3n) is 3.59. The first kappa shape index (κ1) is 10.6. The number of hydrogen-bond acceptors (Lipinski definition) is 3. The van der Waals surface area contributed by atoms with Gasteiger partial charge in [0.25, 0.3) is 0 Å². The molecule has 2 aliphatic heterocycles. The van der Waals surface area contributed by atoms with Crippen LogP contribution in [-0.4, -0.2) is 31.1 Å². The van der Waals surface area contributed by atoms with Crippen LogP contribution in [0, 0.1) is 5.41 Å². The topological polar surface area (TPSA) is 62.3 Å². The first-order valence-corrected chi connectivity index (χ1v) is 6.07. The van der Waals surface area contributed by atoms with Crippen molar-refractivity contribution in [1.29, 1.82) is 5.41 Å². The van der Waals surface area contributed by atoms with Crippen LogP contribution < -0.4 is 10.6 Å². The number of morpholine rings is 1. The standard InChI is InChI=1S/C13H17N3O/c14-13(15)9-1-3-10(4-2-9)16-7-11-5-6-12(8-16)17-11/h1-4,11-12H,5-8H2,(H3,14,15). The average molecular weight is 231 g/mol. The molecule has 2 unspecified atom stereocenters. The molecule has 2 bridgehead atoms. The van der Waals surface area contributed by atoms with Crippen LogP contribution in [0.4, 0.5) is 5.69 Å². The summed E-state index contributed by atoms with van der Waals surface area (Å²) < 4.78 is 5.82. The number of benzene rings is 1. The molecule has 0 aliphatic carbocycles. The SMILES string of the molecule is N=C(N)c1ccc(N2CC3CCC(C2)O3)cc1. The van der Waals surface area contributed by atoms with Crippen molar-refractivity contribution in [3.63, 3.8) is 0 Å². The van der Waals surface area contributed by atoms with Crippen molar-refractivity contribution in [2.24, 2.45) is 5.73 Å². The van der Waals surface area contributed by atoms with Crippen LogP contribution in [0.15, 0.2) is 24.3 Å². The lowest BCUT2D eigenvalue weighted by molar-refractivity contribution is 0.0305. The third-order valence-corrected chi connectivity index (χ3v) is 3.59. The molecule has 17 heavy (non-hydrogen) atoms. The van der Waals surface area contributed by atoms with Crippen LogP contribution in [0.3, 0.4) is 0 Å². The van der Waals surface area contributed by atoms with E-state index in [9.17, 15) is 0 Å². The van der Waals surface area contributed by atoms with E-state index in [0.29, 0.717) is 12.2 Å². The Morgan fingerprint density at radius 2 is 1.76 bits per heavy atom. The predicted octanol–water partition coefficient (Wildman–Crippen LogP) is 1.34. The van der Waals surface area contributed by atoms with Crippen molar-refractivity contribution >= 4 is 11.5 Å². The number of fused-ring (bicyclic) bond motifs is 2. The number of nitrogens with two attached hydrogens (primary N) is 1.